The smallest absolute Gasteiger partial charge is 0.434 e. The first-order valence-corrected chi connectivity index (χ1v) is 10.6. The number of hydrogen-bond donors (Lipinski definition) is 2. The van der Waals surface area contributed by atoms with Crippen molar-refractivity contribution in [2.45, 2.75) is 32.5 Å². The summed E-state index contributed by atoms with van der Waals surface area (Å²) in [5.41, 5.74) is 2.13. The summed E-state index contributed by atoms with van der Waals surface area (Å²) in [5, 5.41) is 13.3. The number of pyridine rings is 1. The summed E-state index contributed by atoms with van der Waals surface area (Å²) in [7, 11) is 1.52. The first kappa shape index (κ1) is 23.2. The zero-order valence-electron chi connectivity index (χ0n) is 18.8. The molecule has 0 unspecified atom stereocenters. The predicted octanol–water partition coefficient (Wildman–Crippen LogP) is 5.40. The van der Waals surface area contributed by atoms with Crippen molar-refractivity contribution < 1.29 is 18.3 Å². The zero-order valence-corrected chi connectivity index (χ0v) is 18.8. The van der Waals surface area contributed by atoms with Gasteiger partial charge in [0.2, 0.25) is 0 Å². The molecule has 0 aliphatic heterocycles. The molecule has 4 rings (SSSR count). The standard InChI is InChI=1S/C24H23F3N6O/c1-14(2)20-17(5-4-10-28-20)21-30-12-18(34)22(32-21)29-11-15-6-8-16(9-7-15)23-31-19(13-33(23)3)24(25,26)27/h4-10,12-14,34H,11H2,1-3H3,(H,29,30,32). The van der Waals surface area contributed by atoms with Gasteiger partial charge < -0.3 is 15.0 Å². The number of aryl methyl sites for hydroxylation is 1. The normalized spacial score (nSPS) is 11.7. The van der Waals surface area contributed by atoms with Gasteiger partial charge in [0.05, 0.1) is 11.9 Å². The highest BCUT2D eigenvalue weighted by atomic mass is 19.4. The summed E-state index contributed by atoms with van der Waals surface area (Å²) in [6.07, 6.45) is -0.474. The van der Waals surface area contributed by atoms with Crippen LogP contribution in [0.25, 0.3) is 22.8 Å². The van der Waals surface area contributed by atoms with E-state index in [0.717, 1.165) is 23.0 Å². The fourth-order valence-corrected chi connectivity index (χ4v) is 3.53. The number of halogens is 3. The maximum Gasteiger partial charge on any atom is 0.434 e. The predicted molar refractivity (Wildman–Crippen MR) is 122 cm³/mol. The van der Waals surface area contributed by atoms with Crippen LogP contribution in [-0.4, -0.2) is 29.6 Å². The largest absolute Gasteiger partial charge is 0.503 e. The molecule has 0 aliphatic carbocycles. The van der Waals surface area contributed by atoms with E-state index in [2.05, 4.69) is 25.3 Å². The topological polar surface area (TPSA) is 88.8 Å². The Bertz CT molecular complexity index is 1300. The Balaban J connectivity index is 1.52. The lowest BCUT2D eigenvalue weighted by Gasteiger charge is -2.12. The number of benzene rings is 1. The Hall–Kier alpha value is -3.95. The van der Waals surface area contributed by atoms with E-state index in [1.807, 2.05) is 26.0 Å². The lowest BCUT2D eigenvalue weighted by molar-refractivity contribution is -0.140. The molecule has 3 aromatic heterocycles. The Morgan fingerprint density at radius 1 is 1.06 bits per heavy atom. The second-order valence-corrected chi connectivity index (χ2v) is 8.13. The second-order valence-electron chi connectivity index (χ2n) is 8.13. The van der Waals surface area contributed by atoms with Gasteiger partial charge in [-0.25, -0.2) is 15.0 Å². The van der Waals surface area contributed by atoms with Crippen molar-refractivity contribution in [3.05, 3.63) is 71.9 Å². The van der Waals surface area contributed by atoms with E-state index >= 15 is 0 Å². The molecule has 0 radical (unpaired) electrons. The molecule has 2 N–H and O–H groups in total. The molecule has 1 aromatic carbocycles. The second kappa shape index (κ2) is 9.12. The molecule has 0 spiro atoms. The maximum absolute atomic E-state index is 12.9. The van der Waals surface area contributed by atoms with Crippen molar-refractivity contribution in [2.24, 2.45) is 7.05 Å². The molecule has 0 aliphatic rings. The number of rotatable bonds is 6. The molecule has 10 heteroatoms. The van der Waals surface area contributed by atoms with Gasteiger partial charge in [-0.2, -0.15) is 13.2 Å². The number of aromatic nitrogens is 5. The number of hydrogen-bond acceptors (Lipinski definition) is 6. The van der Waals surface area contributed by atoms with Gasteiger partial charge in [0, 0.05) is 37.1 Å². The van der Waals surface area contributed by atoms with E-state index in [1.54, 1.807) is 30.5 Å². The van der Waals surface area contributed by atoms with Crippen LogP contribution in [0, 0.1) is 0 Å². The Labute approximate surface area is 194 Å². The summed E-state index contributed by atoms with van der Waals surface area (Å²) >= 11 is 0. The molecule has 0 atom stereocenters. The van der Waals surface area contributed by atoms with Gasteiger partial charge in [-0.05, 0) is 23.6 Å². The average molecular weight is 468 g/mol. The average Bonchev–Trinajstić information content (AvgIpc) is 3.21. The Kier molecular flexibility index (Phi) is 6.23. The van der Waals surface area contributed by atoms with Gasteiger partial charge >= 0.3 is 6.18 Å². The van der Waals surface area contributed by atoms with Crippen molar-refractivity contribution in [1.82, 2.24) is 24.5 Å². The van der Waals surface area contributed by atoms with E-state index in [9.17, 15) is 18.3 Å². The van der Waals surface area contributed by atoms with Gasteiger partial charge in [0.1, 0.15) is 5.82 Å². The third-order valence-electron chi connectivity index (χ3n) is 5.23. The first-order chi connectivity index (χ1) is 16.1. The summed E-state index contributed by atoms with van der Waals surface area (Å²) in [5.74, 6) is 1.02. The molecular weight excluding hydrogens is 445 g/mol. The monoisotopic (exact) mass is 468 g/mol. The fourth-order valence-electron chi connectivity index (χ4n) is 3.53. The molecule has 0 fully saturated rings. The SMILES string of the molecule is CC(C)c1ncccc1-c1ncc(O)c(NCc2ccc(-c3nc(C(F)(F)F)cn3C)cc2)n1. The van der Waals surface area contributed by atoms with Gasteiger partial charge in [-0.3, -0.25) is 4.98 Å². The lowest BCUT2D eigenvalue weighted by atomic mass is 10.0. The summed E-state index contributed by atoms with van der Waals surface area (Å²) in [6.45, 7) is 4.40. The van der Waals surface area contributed by atoms with Crippen LogP contribution in [0.1, 0.15) is 36.7 Å². The highest BCUT2D eigenvalue weighted by Gasteiger charge is 2.34. The molecule has 0 saturated heterocycles. The number of anilines is 1. The van der Waals surface area contributed by atoms with Crippen LogP contribution in [0.3, 0.4) is 0 Å². The first-order valence-electron chi connectivity index (χ1n) is 10.6. The molecule has 34 heavy (non-hydrogen) atoms. The van der Waals surface area contributed by atoms with Gasteiger partial charge in [0.15, 0.2) is 23.1 Å². The van der Waals surface area contributed by atoms with Crippen LogP contribution in [-0.2, 0) is 19.8 Å². The quantitative estimate of drug-likeness (QED) is 0.394. The molecule has 0 amide bonds. The van der Waals surface area contributed by atoms with Crippen molar-refractivity contribution >= 4 is 5.82 Å². The maximum atomic E-state index is 12.9. The van der Waals surface area contributed by atoms with E-state index in [-0.39, 0.29) is 23.3 Å². The van der Waals surface area contributed by atoms with Crippen LogP contribution in [0.15, 0.2) is 55.0 Å². The minimum absolute atomic E-state index is 0.0944. The van der Waals surface area contributed by atoms with E-state index in [4.69, 9.17) is 0 Å². The molecular formula is C24H23F3N6O. The van der Waals surface area contributed by atoms with Crippen molar-refractivity contribution in [3.8, 4) is 28.5 Å². The van der Waals surface area contributed by atoms with Gasteiger partial charge in [-0.1, -0.05) is 38.1 Å². The van der Waals surface area contributed by atoms with Crippen LogP contribution < -0.4 is 5.32 Å². The van der Waals surface area contributed by atoms with E-state index in [0.29, 0.717) is 17.9 Å². The number of nitrogens with one attached hydrogen (secondary N) is 1. The van der Waals surface area contributed by atoms with Gasteiger partial charge in [-0.15, -0.1) is 0 Å². The van der Waals surface area contributed by atoms with Crippen molar-refractivity contribution in [2.75, 3.05) is 5.32 Å². The zero-order chi connectivity index (χ0) is 24.5. The molecule has 3 heterocycles. The van der Waals surface area contributed by atoms with Gasteiger partial charge in [0.25, 0.3) is 0 Å². The number of alkyl halides is 3. The third-order valence-corrected chi connectivity index (χ3v) is 5.23. The molecule has 7 nitrogen and oxygen atoms in total. The molecule has 0 saturated carbocycles. The molecule has 4 aromatic rings. The van der Waals surface area contributed by atoms with E-state index < -0.39 is 11.9 Å². The summed E-state index contributed by atoms with van der Waals surface area (Å²) < 4.78 is 40.2. The summed E-state index contributed by atoms with van der Waals surface area (Å²) in [4.78, 5) is 16.9. The minimum Gasteiger partial charge on any atom is -0.503 e. The van der Waals surface area contributed by atoms with Crippen LogP contribution in [0.5, 0.6) is 5.75 Å². The molecule has 176 valence electrons. The highest BCUT2D eigenvalue weighted by molar-refractivity contribution is 5.63. The third kappa shape index (κ3) is 4.85. The highest BCUT2D eigenvalue weighted by Crippen LogP contribution is 2.31. The molecule has 0 bridgehead atoms. The van der Waals surface area contributed by atoms with Crippen molar-refractivity contribution in [3.63, 3.8) is 0 Å². The number of nitrogens with zero attached hydrogens (tertiary/aromatic N) is 5. The number of imidazole rings is 1. The van der Waals surface area contributed by atoms with Crippen LogP contribution in [0.4, 0.5) is 19.0 Å². The minimum atomic E-state index is -4.50. The Morgan fingerprint density at radius 2 is 1.79 bits per heavy atom. The lowest BCUT2D eigenvalue weighted by Crippen LogP contribution is -2.05. The summed E-state index contributed by atoms with van der Waals surface area (Å²) in [6, 6.07) is 10.7. The number of aromatic hydroxyl groups is 1. The Morgan fingerprint density at radius 3 is 2.44 bits per heavy atom. The van der Waals surface area contributed by atoms with Crippen molar-refractivity contribution in [1.29, 1.82) is 0 Å². The van der Waals surface area contributed by atoms with Crippen LogP contribution in [0.2, 0.25) is 0 Å². The van der Waals surface area contributed by atoms with Crippen LogP contribution >= 0.6 is 0 Å². The van der Waals surface area contributed by atoms with E-state index in [1.165, 1.54) is 17.8 Å². The fraction of sp³-hybridized carbons (Fsp3) is 0.250.